The Hall–Kier alpha value is -1.11. The van der Waals surface area contributed by atoms with Crippen LogP contribution in [0.5, 0.6) is 0 Å². The molecule has 0 fully saturated rings. The maximum absolute atomic E-state index is 13.5. The van der Waals surface area contributed by atoms with Crippen LogP contribution < -0.4 is 4.72 Å². The average molecular weight is 365 g/mol. The van der Waals surface area contributed by atoms with E-state index in [1.54, 1.807) is 12.1 Å². The monoisotopic (exact) mass is 363 g/mol. The van der Waals surface area contributed by atoms with Gasteiger partial charge < -0.3 is 0 Å². The molecule has 0 aromatic heterocycles. The van der Waals surface area contributed by atoms with E-state index in [0.717, 1.165) is 6.07 Å². The lowest BCUT2D eigenvalue weighted by atomic mass is 10.3. The lowest BCUT2D eigenvalue weighted by Gasteiger charge is -2.09. The third kappa shape index (κ3) is 3.46. The number of benzene rings is 2. The van der Waals surface area contributed by atoms with Crippen LogP contribution in [0, 0.1) is 5.82 Å². The van der Waals surface area contributed by atoms with Crippen LogP contribution in [0.4, 0.5) is 10.1 Å². The molecule has 100 valence electrons. The van der Waals surface area contributed by atoms with Crippen molar-refractivity contribution in [2.75, 3.05) is 4.72 Å². The van der Waals surface area contributed by atoms with Crippen LogP contribution in [0.25, 0.3) is 0 Å². The second-order valence-electron chi connectivity index (χ2n) is 3.69. The molecule has 0 aliphatic carbocycles. The van der Waals surface area contributed by atoms with Gasteiger partial charge in [0, 0.05) is 9.50 Å². The third-order valence-corrected chi connectivity index (χ3v) is 4.37. The number of sulfonamides is 1. The summed E-state index contributed by atoms with van der Waals surface area (Å²) in [7, 11) is -3.85. The predicted octanol–water partition coefficient (Wildman–Crippen LogP) is 4.04. The Morgan fingerprint density at radius 2 is 1.89 bits per heavy atom. The van der Waals surface area contributed by atoms with E-state index in [-0.39, 0.29) is 15.6 Å². The number of hydrogen-bond donors (Lipinski definition) is 1. The Morgan fingerprint density at radius 1 is 1.16 bits per heavy atom. The number of halogens is 3. The van der Waals surface area contributed by atoms with Gasteiger partial charge in [-0.25, -0.2) is 12.8 Å². The summed E-state index contributed by atoms with van der Waals surface area (Å²) in [5.74, 6) is -0.692. The van der Waals surface area contributed by atoms with Crippen molar-refractivity contribution in [3.63, 3.8) is 0 Å². The van der Waals surface area contributed by atoms with Crippen molar-refractivity contribution in [2.24, 2.45) is 0 Å². The summed E-state index contributed by atoms with van der Waals surface area (Å²) in [6.45, 7) is 0. The molecule has 7 heteroatoms. The number of anilines is 1. The zero-order valence-electron chi connectivity index (χ0n) is 9.40. The van der Waals surface area contributed by atoms with Gasteiger partial charge in [-0.1, -0.05) is 33.6 Å². The van der Waals surface area contributed by atoms with Gasteiger partial charge in [-0.05, 0) is 36.4 Å². The van der Waals surface area contributed by atoms with E-state index in [9.17, 15) is 12.8 Å². The molecular formula is C12H8BrClFNO2S. The van der Waals surface area contributed by atoms with Crippen molar-refractivity contribution < 1.29 is 12.8 Å². The summed E-state index contributed by atoms with van der Waals surface area (Å²) in [6, 6.07) is 9.76. The first kappa shape index (κ1) is 14.3. The van der Waals surface area contributed by atoms with Crippen molar-refractivity contribution in [2.45, 2.75) is 4.90 Å². The van der Waals surface area contributed by atoms with Crippen LogP contribution in [0.1, 0.15) is 0 Å². The Balaban J connectivity index is 2.39. The molecular weight excluding hydrogens is 357 g/mol. The molecule has 0 saturated carbocycles. The van der Waals surface area contributed by atoms with Gasteiger partial charge in [0.2, 0.25) is 0 Å². The standard InChI is InChI=1S/C12H8BrClFNO2S/c13-8-2-1-3-10(6-8)19(17,18)16-12-7-9(14)4-5-11(12)15/h1-7,16H. The number of nitrogens with one attached hydrogen (secondary N) is 1. The summed E-state index contributed by atoms with van der Waals surface area (Å²) in [5, 5.41) is 0.244. The van der Waals surface area contributed by atoms with E-state index in [2.05, 4.69) is 20.7 Å². The Kier molecular flexibility index (Phi) is 4.13. The molecule has 0 heterocycles. The average Bonchev–Trinajstić information content (AvgIpc) is 2.33. The molecule has 19 heavy (non-hydrogen) atoms. The fourth-order valence-corrected chi connectivity index (χ4v) is 3.24. The van der Waals surface area contributed by atoms with Crippen molar-refractivity contribution in [1.82, 2.24) is 0 Å². The first-order chi connectivity index (χ1) is 8.88. The summed E-state index contributed by atoms with van der Waals surface area (Å²) in [6.07, 6.45) is 0. The molecule has 0 radical (unpaired) electrons. The number of hydrogen-bond acceptors (Lipinski definition) is 2. The van der Waals surface area contributed by atoms with E-state index < -0.39 is 15.8 Å². The van der Waals surface area contributed by atoms with E-state index in [1.807, 2.05) is 0 Å². The summed E-state index contributed by atoms with van der Waals surface area (Å²) >= 11 is 8.89. The molecule has 0 spiro atoms. The van der Waals surface area contributed by atoms with Crippen LogP contribution in [-0.4, -0.2) is 8.42 Å². The zero-order chi connectivity index (χ0) is 14.0. The molecule has 2 aromatic carbocycles. The minimum atomic E-state index is -3.85. The molecule has 1 N–H and O–H groups in total. The van der Waals surface area contributed by atoms with Crippen LogP contribution >= 0.6 is 27.5 Å². The van der Waals surface area contributed by atoms with Gasteiger partial charge in [-0.15, -0.1) is 0 Å². The molecule has 0 unspecified atom stereocenters. The van der Waals surface area contributed by atoms with Crippen LogP contribution in [0.15, 0.2) is 51.8 Å². The first-order valence-electron chi connectivity index (χ1n) is 5.12. The van der Waals surface area contributed by atoms with Crippen LogP contribution in [0.2, 0.25) is 5.02 Å². The predicted molar refractivity (Wildman–Crippen MR) is 76.4 cm³/mol. The minimum Gasteiger partial charge on any atom is -0.277 e. The Bertz CT molecular complexity index is 721. The van der Waals surface area contributed by atoms with Crippen molar-refractivity contribution >= 4 is 43.2 Å². The molecule has 0 bridgehead atoms. The highest BCUT2D eigenvalue weighted by Gasteiger charge is 2.16. The van der Waals surface area contributed by atoms with Gasteiger partial charge >= 0.3 is 0 Å². The molecule has 2 rings (SSSR count). The zero-order valence-corrected chi connectivity index (χ0v) is 12.6. The van der Waals surface area contributed by atoms with E-state index in [1.165, 1.54) is 24.3 Å². The molecule has 3 nitrogen and oxygen atoms in total. The number of rotatable bonds is 3. The molecule has 2 aromatic rings. The van der Waals surface area contributed by atoms with Gasteiger partial charge in [-0.3, -0.25) is 4.72 Å². The van der Waals surface area contributed by atoms with E-state index >= 15 is 0 Å². The highest BCUT2D eigenvalue weighted by molar-refractivity contribution is 9.10. The maximum atomic E-state index is 13.5. The van der Waals surface area contributed by atoms with Gasteiger partial charge in [0.05, 0.1) is 10.6 Å². The highest BCUT2D eigenvalue weighted by Crippen LogP contribution is 2.24. The maximum Gasteiger partial charge on any atom is 0.262 e. The second kappa shape index (κ2) is 5.48. The van der Waals surface area contributed by atoms with Crippen molar-refractivity contribution in [3.05, 3.63) is 57.8 Å². The fourth-order valence-electron chi connectivity index (χ4n) is 1.41. The summed E-state index contributed by atoms with van der Waals surface area (Å²) in [4.78, 5) is 0.0289. The van der Waals surface area contributed by atoms with E-state index in [0.29, 0.717) is 4.47 Å². The van der Waals surface area contributed by atoms with Gasteiger partial charge in [0.25, 0.3) is 10.0 Å². The SMILES string of the molecule is O=S(=O)(Nc1cc(Cl)ccc1F)c1cccc(Br)c1. The van der Waals surface area contributed by atoms with Gasteiger partial charge in [0.1, 0.15) is 5.82 Å². The van der Waals surface area contributed by atoms with Crippen molar-refractivity contribution in [3.8, 4) is 0 Å². The second-order valence-corrected chi connectivity index (χ2v) is 6.72. The lowest BCUT2D eigenvalue weighted by Crippen LogP contribution is -2.13. The third-order valence-electron chi connectivity index (χ3n) is 2.28. The summed E-state index contributed by atoms with van der Waals surface area (Å²) < 4.78 is 40.4. The van der Waals surface area contributed by atoms with Gasteiger partial charge in [-0.2, -0.15) is 0 Å². The molecule has 0 atom stereocenters. The first-order valence-corrected chi connectivity index (χ1v) is 7.77. The lowest BCUT2D eigenvalue weighted by molar-refractivity contribution is 0.598. The topological polar surface area (TPSA) is 46.2 Å². The van der Waals surface area contributed by atoms with Crippen molar-refractivity contribution in [1.29, 1.82) is 0 Å². The molecule has 0 aliphatic heterocycles. The highest BCUT2D eigenvalue weighted by atomic mass is 79.9. The Morgan fingerprint density at radius 3 is 2.58 bits per heavy atom. The van der Waals surface area contributed by atoms with Crippen LogP contribution in [0.3, 0.4) is 0 Å². The normalized spacial score (nSPS) is 11.3. The quantitative estimate of drug-likeness (QED) is 0.893. The molecule has 0 aliphatic rings. The van der Waals surface area contributed by atoms with Crippen LogP contribution in [-0.2, 0) is 10.0 Å². The Labute approximate surface area is 123 Å². The molecule has 0 amide bonds. The minimum absolute atomic E-state index is 0.0289. The summed E-state index contributed by atoms with van der Waals surface area (Å²) in [5.41, 5.74) is -0.188. The largest absolute Gasteiger partial charge is 0.277 e. The smallest absolute Gasteiger partial charge is 0.262 e. The fraction of sp³-hybridized carbons (Fsp3) is 0. The van der Waals surface area contributed by atoms with Gasteiger partial charge in [0.15, 0.2) is 0 Å². The molecule has 0 saturated heterocycles. The van der Waals surface area contributed by atoms with E-state index in [4.69, 9.17) is 11.6 Å².